The van der Waals surface area contributed by atoms with Crippen molar-refractivity contribution >= 4 is 13.7 Å². The monoisotopic (exact) mass is 858 g/mol. The standard InChI is InChI=1S/C50H101N2O6P/c1-6-8-10-12-14-16-18-20-21-22-23-24-25-26-27-28-29-30-31-32-33-35-37-39-41-43-49(53)48(47-58-59(55,56)57-46-45-52(3,4)5)51-50(54)44-42-40-38-36-34-19-17-15-13-11-9-7-2/h41,43,48-49,53H,6-40,42,44-47H2,1-5H3,(H-,51,54,55,56)/p+1/b43-41+. The van der Waals surface area contributed by atoms with Gasteiger partial charge in [0.15, 0.2) is 0 Å². The van der Waals surface area contributed by atoms with Gasteiger partial charge in [0.25, 0.3) is 0 Å². The number of carbonyl (C=O) groups is 1. The molecule has 8 nitrogen and oxygen atoms in total. The molecule has 0 aliphatic rings. The second kappa shape index (κ2) is 42.5. The number of allylic oxidation sites excluding steroid dienone is 1. The first-order valence-corrected chi connectivity index (χ1v) is 27.1. The molecule has 0 saturated carbocycles. The maximum atomic E-state index is 12.9. The van der Waals surface area contributed by atoms with E-state index in [1.165, 1.54) is 199 Å². The summed E-state index contributed by atoms with van der Waals surface area (Å²) in [4.78, 5) is 23.1. The Morgan fingerprint density at radius 3 is 1.25 bits per heavy atom. The van der Waals surface area contributed by atoms with Gasteiger partial charge in [-0.25, -0.2) is 4.57 Å². The number of unbranched alkanes of at least 4 members (excludes halogenated alkanes) is 34. The van der Waals surface area contributed by atoms with Gasteiger partial charge in [-0.2, -0.15) is 0 Å². The van der Waals surface area contributed by atoms with E-state index in [0.717, 1.165) is 32.1 Å². The summed E-state index contributed by atoms with van der Waals surface area (Å²) in [6, 6.07) is -0.840. The first-order valence-electron chi connectivity index (χ1n) is 25.6. The van der Waals surface area contributed by atoms with Crippen LogP contribution in [0.15, 0.2) is 12.2 Å². The fourth-order valence-corrected chi connectivity index (χ4v) is 8.43. The maximum Gasteiger partial charge on any atom is 0.472 e. The smallest absolute Gasteiger partial charge is 0.387 e. The van der Waals surface area contributed by atoms with Crippen molar-refractivity contribution in [2.75, 3.05) is 40.9 Å². The summed E-state index contributed by atoms with van der Waals surface area (Å²) in [6.07, 6.45) is 50.1. The normalized spacial score (nSPS) is 14.2. The van der Waals surface area contributed by atoms with Crippen molar-refractivity contribution in [2.24, 2.45) is 0 Å². The Morgan fingerprint density at radius 2 is 0.898 bits per heavy atom. The molecule has 0 aromatic heterocycles. The molecule has 0 rings (SSSR count). The molecular formula is C50H102N2O6P+. The SMILES string of the molecule is CCCCCCCCCCCCCCCCCCCCCCCCC/C=C/C(O)C(COP(=O)(O)OCC[N+](C)(C)C)NC(=O)CCCCCCCCCCCCCC. The zero-order valence-electron chi connectivity index (χ0n) is 40.0. The number of likely N-dealkylation sites (N-methyl/N-ethyl adjacent to an activating group) is 1. The number of aliphatic hydroxyl groups excluding tert-OH is 1. The van der Waals surface area contributed by atoms with Crippen LogP contribution in [0.1, 0.15) is 251 Å². The van der Waals surface area contributed by atoms with Gasteiger partial charge in [-0.3, -0.25) is 13.8 Å². The fraction of sp³-hybridized carbons (Fsp3) is 0.940. The average Bonchev–Trinajstić information content (AvgIpc) is 3.19. The first kappa shape index (κ1) is 58.2. The Hall–Kier alpha value is -0.760. The minimum absolute atomic E-state index is 0.0648. The lowest BCUT2D eigenvalue weighted by molar-refractivity contribution is -0.870. The van der Waals surface area contributed by atoms with Gasteiger partial charge in [-0.05, 0) is 19.3 Å². The summed E-state index contributed by atoms with van der Waals surface area (Å²) in [5, 5.41) is 13.9. The summed E-state index contributed by atoms with van der Waals surface area (Å²) in [5.74, 6) is -0.174. The quantitative estimate of drug-likeness (QED) is 0.0244. The van der Waals surface area contributed by atoms with Gasteiger partial charge in [0.2, 0.25) is 5.91 Å². The molecule has 352 valence electrons. The van der Waals surface area contributed by atoms with Crippen molar-refractivity contribution < 1.29 is 32.9 Å². The number of nitrogens with one attached hydrogen (secondary N) is 1. The number of hydrogen-bond donors (Lipinski definition) is 3. The molecule has 9 heteroatoms. The molecule has 3 unspecified atom stereocenters. The molecule has 0 fully saturated rings. The molecule has 0 spiro atoms. The topological polar surface area (TPSA) is 105 Å². The highest BCUT2D eigenvalue weighted by atomic mass is 31.2. The van der Waals surface area contributed by atoms with Crippen LogP contribution in [0.2, 0.25) is 0 Å². The van der Waals surface area contributed by atoms with Crippen LogP contribution in [0.25, 0.3) is 0 Å². The number of amides is 1. The van der Waals surface area contributed by atoms with Gasteiger partial charge < -0.3 is 19.8 Å². The molecule has 0 aliphatic heterocycles. The van der Waals surface area contributed by atoms with E-state index in [9.17, 15) is 19.4 Å². The van der Waals surface area contributed by atoms with Crippen LogP contribution >= 0.6 is 7.82 Å². The third-order valence-electron chi connectivity index (χ3n) is 11.8. The highest BCUT2D eigenvalue weighted by Crippen LogP contribution is 2.43. The lowest BCUT2D eigenvalue weighted by Gasteiger charge is -2.25. The molecule has 0 bridgehead atoms. The van der Waals surface area contributed by atoms with Crippen molar-refractivity contribution in [2.45, 2.75) is 264 Å². The van der Waals surface area contributed by atoms with Crippen molar-refractivity contribution in [1.29, 1.82) is 0 Å². The lowest BCUT2D eigenvalue weighted by atomic mass is 10.0. The van der Waals surface area contributed by atoms with Gasteiger partial charge in [0, 0.05) is 6.42 Å². The van der Waals surface area contributed by atoms with E-state index in [4.69, 9.17) is 9.05 Å². The average molecular weight is 858 g/mol. The number of rotatable bonds is 47. The molecule has 3 atom stereocenters. The number of aliphatic hydroxyl groups is 1. The molecule has 3 N–H and O–H groups in total. The van der Waals surface area contributed by atoms with E-state index >= 15 is 0 Å². The van der Waals surface area contributed by atoms with Gasteiger partial charge in [0.05, 0.1) is 39.9 Å². The molecule has 0 aromatic carbocycles. The van der Waals surface area contributed by atoms with Crippen molar-refractivity contribution in [1.82, 2.24) is 5.32 Å². The number of phosphoric ester groups is 1. The van der Waals surface area contributed by atoms with E-state index < -0.39 is 20.0 Å². The molecule has 59 heavy (non-hydrogen) atoms. The van der Waals surface area contributed by atoms with E-state index in [1.807, 2.05) is 27.2 Å². The van der Waals surface area contributed by atoms with Crippen LogP contribution < -0.4 is 5.32 Å². The molecule has 0 heterocycles. The summed E-state index contributed by atoms with van der Waals surface area (Å²) in [7, 11) is 1.58. The largest absolute Gasteiger partial charge is 0.472 e. The predicted octanol–water partition coefficient (Wildman–Crippen LogP) is 14.7. The zero-order chi connectivity index (χ0) is 43.6. The van der Waals surface area contributed by atoms with Crippen LogP contribution in [0.4, 0.5) is 0 Å². The Bertz CT molecular complexity index is 974. The minimum atomic E-state index is -4.33. The Kier molecular flexibility index (Phi) is 42.0. The first-order chi connectivity index (χ1) is 28.5. The highest BCUT2D eigenvalue weighted by Gasteiger charge is 2.27. The molecule has 0 aliphatic carbocycles. The Morgan fingerprint density at radius 1 is 0.559 bits per heavy atom. The molecule has 1 amide bonds. The molecule has 0 radical (unpaired) electrons. The van der Waals surface area contributed by atoms with Crippen LogP contribution in [0.3, 0.4) is 0 Å². The van der Waals surface area contributed by atoms with Crippen molar-refractivity contribution in [3.05, 3.63) is 12.2 Å². The lowest BCUT2D eigenvalue weighted by Crippen LogP contribution is -2.45. The summed E-state index contributed by atoms with van der Waals surface area (Å²) < 4.78 is 23.6. The van der Waals surface area contributed by atoms with E-state index in [2.05, 4.69) is 19.2 Å². The number of quaternary nitrogens is 1. The second-order valence-electron chi connectivity index (χ2n) is 18.9. The third-order valence-corrected chi connectivity index (χ3v) is 12.7. The van der Waals surface area contributed by atoms with E-state index in [0.29, 0.717) is 17.4 Å². The molecule has 0 saturated heterocycles. The third kappa shape index (κ3) is 45.1. The van der Waals surface area contributed by atoms with E-state index in [-0.39, 0.29) is 19.1 Å². The minimum Gasteiger partial charge on any atom is -0.387 e. The van der Waals surface area contributed by atoms with Crippen molar-refractivity contribution in [3.8, 4) is 0 Å². The predicted molar refractivity (Wildman–Crippen MR) is 254 cm³/mol. The number of carbonyl (C=O) groups excluding carboxylic acids is 1. The number of nitrogens with zero attached hydrogens (tertiary/aromatic N) is 1. The van der Waals surface area contributed by atoms with Crippen LogP contribution in [-0.4, -0.2) is 73.4 Å². The highest BCUT2D eigenvalue weighted by molar-refractivity contribution is 7.47. The Balaban J connectivity index is 4.19. The summed E-state index contributed by atoms with van der Waals surface area (Å²) >= 11 is 0. The fourth-order valence-electron chi connectivity index (χ4n) is 7.69. The zero-order valence-corrected chi connectivity index (χ0v) is 40.9. The van der Waals surface area contributed by atoms with Gasteiger partial charge >= 0.3 is 7.82 Å². The van der Waals surface area contributed by atoms with Crippen molar-refractivity contribution in [3.63, 3.8) is 0 Å². The van der Waals surface area contributed by atoms with Gasteiger partial charge in [-0.15, -0.1) is 0 Å². The Labute approximate surface area is 367 Å². The molecular weight excluding hydrogens is 756 g/mol. The second-order valence-corrected chi connectivity index (χ2v) is 20.4. The van der Waals surface area contributed by atoms with E-state index in [1.54, 1.807) is 6.08 Å². The number of phosphoric acid groups is 1. The van der Waals surface area contributed by atoms with Gasteiger partial charge in [0.1, 0.15) is 13.2 Å². The number of hydrogen-bond acceptors (Lipinski definition) is 5. The van der Waals surface area contributed by atoms with Crippen LogP contribution in [0, 0.1) is 0 Å². The molecule has 0 aromatic rings. The van der Waals surface area contributed by atoms with Crippen LogP contribution in [0.5, 0.6) is 0 Å². The maximum absolute atomic E-state index is 12.9. The summed E-state index contributed by atoms with van der Waals surface area (Å²) in [6.45, 7) is 4.84. The summed E-state index contributed by atoms with van der Waals surface area (Å²) in [5.41, 5.74) is 0. The van der Waals surface area contributed by atoms with Crippen LogP contribution in [-0.2, 0) is 18.4 Å². The van der Waals surface area contributed by atoms with Gasteiger partial charge in [-0.1, -0.05) is 238 Å².